The summed E-state index contributed by atoms with van der Waals surface area (Å²) in [5, 5.41) is 6.29. The van der Waals surface area contributed by atoms with Crippen LogP contribution in [0, 0.1) is 6.92 Å². The van der Waals surface area contributed by atoms with Gasteiger partial charge in [-0.05, 0) is 63.2 Å². The van der Waals surface area contributed by atoms with Gasteiger partial charge in [-0.1, -0.05) is 15.9 Å². The number of halogens is 1. The summed E-state index contributed by atoms with van der Waals surface area (Å²) in [7, 11) is -3.83. The summed E-state index contributed by atoms with van der Waals surface area (Å²) in [5.41, 5.74) is 2.03. The van der Waals surface area contributed by atoms with Gasteiger partial charge in [0.15, 0.2) is 0 Å². The molecule has 3 N–H and O–H groups in total. The summed E-state index contributed by atoms with van der Waals surface area (Å²) in [5.74, 6) is 1.49. The number of nitrogens with zero attached hydrogens (tertiary/aromatic N) is 2. The summed E-state index contributed by atoms with van der Waals surface area (Å²) in [6, 6.07) is 13.6. The van der Waals surface area contributed by atoms with Gasteiger partial charge in [0, 0.05) is 34.2 Å². The second-order valence-corrected chi connectivity index (χ2v) is 9.15. The van der Waals surface area contributed by atoms with Crippen LogP contribution in [-0.4, -0.2) is 31.5 Å². The highest BCUT2D eigenvalue weighted by molar-refractivity contribution is 9.10. The van der Waals surface area contributed by atoms with Crippen LogP contribution in [0.2, 0.25) is 0 Å². The Morgan fingerprint density at radius 1 is 1.00 bits per heavy atom. The van der Waals surface area contributed by atoms with Crippen molar-refractivity contribution in [3.05, 3.63) is 58.7 Å². The third-order valence-electron chi connectivity index (χ3n) is 4.09. The molecule has 1 heterocycles. The van der Waals surface area contributed by atoms with Gasteiger partial charge in [-0.15, -0.1) is 0 Å². The lowest BCUT2D eigenvalue weighted by atomic mass is 10.3. The zero-order valence-electron chi connectivity index (χ0n) is 17.4. The number of sulfonamides is 1. The van der Waals surface area contributed by atoms with Crippen molar-refractivity contribution in [2.45, 2.75) is 25.7 Å². The maximum absolute atomic E-state index is 12.9. The SMILES string of the molecule is CCNc1nc(C)cc(Nc2ccc(NS(=O)(=O)c3cc(Br)ccc3OCC)cc2)n1. The lowest BCUT2D eigenvalue weighted by molar-refractivity contribution is 0.331. The molecule has 0 atom stereocenters. The van der Waals surface area contributed by atoms with Crippen molar-refractivity contribution in [1.29, 1.82) is 0 Å². The van der Waals surface area contributed by atoms with Crippen molar-refractivity contribution < 1.29 is 13.2 Å². The molecule has 8 nitrogen and oxygen atoms in total. The van der Waals surface area contributed by atoms with Crippen LogP contribution >= 0.6 is 15.9 Å². The molecule has 2 aromatic carbocycles. The highest BCUT2D eigenvalue weighted by Crippen LogP contribution is 2.29. The lowest BCUT2D eigenvalue weighted by Gasteiger charge is -2.14. The molecule has 0 aliphatic rings. The Bertz CT molecular complexity index is 1150. The van der Waals surface area contributed by atoms with Crippen molar-refractivity contribution in [1.82, 2.24) is 9.97 Å². The van der Waals surface area contributed by atoms with Crippen LogP contribution in [0.5, 0.6) is 5.75 Å². The Balaban J connectivity index is 1.77. The minimum absolute atomic E-state index is 0.0679. The maximum atomic E-state index is 12.9. The summed E-state index contributed by atoms with van der Waals surface area (Å²) in [6.45, 7) is 6.76. The molecule has 0 spiro atoms. The van der Waals surface area contributed by atoms with Crippen LogP contribution in [0.3, 0.4) is 0 Å². The zero-order chi connectivity index (χ0) is 22.4. The molecular weight excluding hydrogens is 482 g/mol. The second kappa shape index (κ2) is 9.97. The highest BCUT2D eigenvalue weighted by atomic mass is 79.9. The Morgan fingerprint density at radius 3 is 2.39 bits per heavy atom. The number of anilines is 4. The number of benzene rings is 2. The van der Waals surface area contributed by atoms with Gasteiger partial charge >= 0.3 is 0 Å². The first-order chi connectivity index (χ1) is 14.8. The van der Waals surface area contributed by atoms with Gasteiger partial charge in [0.05, 0.1) is 6.61 Å². The monoisotopic (exact) mass is 505 g/mol. The van der Waals surface area contributed by atoms with Gasteiger partial charge in [-0.2, -0.15) is 4.98 Å². The van der Waals surface area contributed by atoms with E-state index in [1.54, 1.807) is 43.3 Å². The Hall–Kier alpha value is -2.85. The van der Waals surface area contributed by atoms with Gasteiger partial charge in [-0.3, -0.25) is 4.72 Å². The number of aryl methyl sites for hydroxylation is 1. The molecule has 0 aliphatic carbocycles. The van der Waals surface area contributed by atoms with Crippen LogP contribution in [0.4, 0.5) is 23.1 Å². The molecule has 0 aliphatic heterocycles. The van der Waals surface area contributed by atoms with Crippen LogP contribution in [0.1, 0.15) is 19.5 Å². The van der Waals surface area contributed by atoms with Crippen molar-refractivity contribution in [2.75, 3.05) is 28.5 Å². The summed E-state index contributed by atoms with van der Waals surface area (Å²) in [6.07, 6.45) is 0. The lowest BCUT2D eigenvalue weighted by Crippen LogP contribution is -2.14. The topological polar surface area (TPSA) is 105 Å². The average Bonchev–Trinajstić information content (AvgIpc) is 2.70. The third kappa shape index (κ3) is 6.08. The minimum Gasteiger partial charge on any atom is -0.492 e. The van der Waals surface area contributed by atoms with Crippen LogP contribution in [-0.2, 0) is 10.0 Å². The van der Waals surface area contributed by atoms with Crippen LogP contribution < -0.4 is 20.1 Å². The zero-order valence-corrected chi connectivity index (χ0v) is 19.8. The fourth-order valence-corrected chi connectivity index (χ4v) is 4.56. The standard InChI is InChI=1S/C21H24BrN5O3S/c1-4-23-21-24-14(3)12-20(26-21)25-16-7-9-17(10-8-16)27-31(28,29)19-13-15(22)6-11-18(19)30-5-2/h6-13,27H,4-5H2,1-3H3,(H2,23,24,25,26). The molecule has 31 heavy (non-hydrogen) atoms. The first-order valence-corrected chi connectivity index (χ1v) is 12.0. The van der Waals surface area contributed by atoms with E-state index in [-0.39, 0.29) is 4.90 Å². The fourth-order valence-electron chi connectivity index (χ4n) is 2.82. The second-order valence-electron chi connectivity index (χ2n) is 6.58. The van der Waals surface area contributed by atoms with Gasteiger partial charge in [0.2, 0.25) is 5.95 Å². The normalized spacial score (nSPS) is 11.1. The van der Waals surface area contributed by atoms with Crippen molar-refractivity contribution in [2.24, 2.45) is 0 Å². The number of hydrogen-bond acceptors (Lipinski definition) is 7. The molecule has 164 valence electrons. The molecule has 0 fully saturated rings. The van der Waals surface area contributed by atoms with Gasteiger partial charge in [-0.25, -0.2) is 13.4 Å². The van der Waals surface area contributed by atoms with E-state index < -0.39 is 10.0 Å². The largest absolute Gasteiger partial charge is 0.492 e. The molecule has 3 rings (SSSR count). The number of rotatable bonds is 9. The molecule has 0 amide bonds. The first kappa shape index (κ1) is 22.8. The first-order valence-electron chi connectivity index (χ1n) is 9.72. The van der Waals surface area contributed by atoms with E-state index in [9.17, 15) is 8.42 Å². The third-order valence-corrected chi connectivity index (χ3v) is 5.99. The predicted molar refractivity (Wildman–Crippen MR) is 127 cm³/mol. The molecule has 10 heteroatoms. The van der Waals surface area contributed by atoms with Crippen molar-refractivity contribution in [3.8, 4) is 5.75 Å². The molecule has 1 aromatic heterocycles. The van der Waals surface area contributed by atoms with Gasteiger partial charge in [0.1, 0.15) is 16.5 Å². The van der Waals surface area contributed by atoms with E-state index in [1.807, 2.05) is 19.9 Å². The van der Waals surface area contributed by atoms with E-state index in [0.29, 0.717) is 34.3 Å². The Kier molecular flexibility index (Phi) is 7.34. The number of nitrogens with one attached hydrogen (secondary N) is 3. The quantitative estimate of drug-likeness (QED) is 0.378. The van der Waals surface area contributed by atoms with E-state index >= 15 is 0 Å². The fraction of sp³-hybridized carbons (Fsp3) is 0.238. The molecule has 0 bridgehead atoms. The molecule has 0 saturated heterocycles. The van der Waals surface area contributed by atoms with Gasteiger partial charge in [0.25, 0.3) is 10.0 Å². The summed E-state index contributed by atoms with van der Waals surface area (Å²) in [4.78, 5) is 8.80. The molecule has 0 unspecified atom stereocenters. The average molecular weight is 506 g/mol. The minimum atomic E-state index is -3.83. The van der Waals surface area contributed by atoms with Crippen molar-refractivity contribution in [3.63, 3.8) is 0 Å². The smallest absolute Gasteiger partial charge is 0.265 e. The van der Waals surface area contributed by atoms with E-state index in [2.05, 4.69) is 41.3 Å². The van der Waals surface area contributed by atoms with E-state index in [0.717, 1.165) is 17.9 Å². The number of ether oxygens (including phenoxy) is 1. The Morgan fingerprint density at radius 2 is 1.71 bits per heavy atom. The molecule has 0 saturated carbocycles. The molecule has 0 radical (unpaired) electrons. The van der Waals surface area contributed by atoms with Crippen LogP contribution in [0.25, 0.3) is 0 Å². The number of hydrogen-bond donors (Lipinski definition) is 3. The molecule has 3 aromatic rings. The summed E-state index contributed by atoms with van der Waals surface area (Å²) < 4.78 is 34.5. The predicted octanol–water partition coefficient (Wildman–Crippen LogP) is 4.92. The highest BCUT2D eigenvalue weighted by Gasteiger charge is 2.20. The Labute approximate surface area is 190 Å². The summed E-state index contributed by atoms with van der Waals surface area (Å²) >= 11 is 3.32. The maximum Gasteiger partial charge on any atom is 0.265 e. The van der Waals surface area contributed by atoms with Gasteiger partial charge < -0.3 is 15.4 Å². The van der Waals surface area contributed by atoms with Crippen molar-refractivity contribution >= 4 is 49.1 Å². The molecular formula is C21H24BrN5O3S. The van der Waals surface area contributed by atoms with E-state index in [4.69, 9.17) is 4.74 Å². The van der Waals surface area contributed by atoms with E-state index in [1.165, 1.54) is 6.07 Å². The number of aromatic nitrogens is 2. The van der Waals surface area contributed by atoms with Crippen LogP contribution in [0.15, 0.2) is 57.9 Å².